The number of carbonyl (C=O) groups is 2. The molecule has 5 N–H and O–H groups in total. The molecule has 2 aliphatic rings. The lowest BCUT2D eigenvalue weighted by molar-refractivity contribution is 0.0992. The number of carbonyl (C=O) groups excluding carboxylic acids is 2. The van der Waals surface area contributed by atoms with Gasteiger partial charge in [0.25, 0.3) is 11.8 Å². The second-order valence-electron chi connectivity index (χ2n) is 14.4. The van der Waals surface area contributed by atoms with E-state index in [2.05, 4.69) is 38.0 Å². The molecule has 302 valence electrons. The molecule has 0 radical (unpaired) electrons. The van der Waals surface area contributed by atoms with Crippen LogP contribution in [-0.4, -0.2) is 65.3 Å². The van der Waals surface area contributed by atoms with E-state index in [4.69, 9.17) is 44.1 Å². The maximum Gasteiger partial charge on any atom is 0.250 e. The summed E-state index contributed by atoms with van der Waals surface area (Å²) >= 11 is 12.3. The van der Waals surface area contributed by atoms with Crippen molar-refractivity contribution in [2.75, 3.05) is 36.0 Å². The van der Waals surface area contributed by atoms with E-state index in [-0.39, 0.29) is 12.2 Å². The number of nitrogens with two attached hydrogens (primary N) is 2. The minimum atomic E-state index is -0.834. The Kier molecular flexibility index (Phi) is 13.3. The quantitative estimate of drug-likeness (QED) is 0.113. The van der Waals surface area contributed by atoms with Gasteiger partial charge in [0.15, 0.2) is 0 Å². The fourth-order valence-electron chi connectivity index (χ4n) is 7.34. The number of benzene rings is 4. The van der Waals surface area contributed by atoms with Crippen LogP contribution in [0.15, 0.2) is 134 Å². The van der Waals surface area contributed by atoms with Crippen molar-refractivity contribution in [2.45, 2.75) is 37.6 Å². The lowest BCUT2D eigenvalue weighted by Crippen LogP contribution is -2.27. The summed E-state index contributed by atoms with van der Waals surface area (Å²) < 4.78 is 11.9. The van der Waals surface area contributed by atoms with E-state index < -0.39 is 17.9 Å². The number of halogens is 2. The van der Waals surface area contributed by atoms with Crippen molar-refractivity contribution >= 4 is 46.4 Å². The number of rotatable bonds is 12. The molecule has 1 unspecified atom stereocenters. The third kappa shape index (κ3) is 10.3. The fourth-order valence-corrected chi connectivity index (χ4v) is 7.67. The average molecular weight is 832 g/mol. The second kappa shape index (κ2) is 19.1. The lowest BCUT2D eigenvalue weighted by Gasteiger charge is -2.23. The molecule has 2 saturated heterocycles. The molecule has 3 atom stereocenters. The summed E-state index contributed by atoms with van der Waals surface area (Å²) in [5.41, 5.74) is 17.5. The summed E-state index contributed by atoms with van der Waals surface area (Å²) in [5.74, 6) is -0.117. The van der Waals surface area contributed by atoms with Crippen LogP contribution in [0, 0.1) is 0 Å². The second-order valence-corrected chi connectivity index (χ2v) is 15.2. The summed E-state index contributed by atoms with van der Waals surface area (Å²) in [6, 6.07) is 37.7. The van der Waals surface area contributed by atoms with Gasteiger partial charge >= 0.3 is 0 Å². The highest BCUT2D eigenvalue weighted by molar-refractivity contribution is 6.32. The van der Waals surface area contributed by atoms with Crippen molar-refractivity contribution in [3.05, 3.63) is 177 Å². The number of ether oxygens (including phenoxy) is 2. The Balaban J connectivity index is 0.000000179. The molecule has 2 aliphatic heterocycles. The van der Waals surface area contributed by atoms with Gasteiger partial charge in [-0.2, -0.15) is 0 Å². The molecule has 0 saturated carbocycles. The first kappa shape index (κ1) is 41.0. The number of aliphatic hydroxyl groups excluding tert-OH is 1. The van der Waals surface area contributed by atoms with Crippen LogP contribution in [0.3, 0.4) is 0 Å². The third-order valence-corrected chi connectivity index (χ3v) is 10.8. The predicted molar refractivity (Wildman–Crippen MR) is 231 cm³/mol. The zero-order chi connectivity index (χ0) is 41.3. The largest absolute Gasteiger partial charge is 0.471 e. The zero-order valence-corrected chi connectivity index (χ0v) is 33.7. The standard InChI is InChI=1S/C23H22ClN3O3.C23H22ClN3O2/c24-19-7-4-11-26-23(19)30-17-10-12-27(14-17)20-9-8-16(13-18(20)22(25)29)21(28)15-5-2-1-3-6-15;24-20-7-4-11-26-23(20)29-18-10-12-27(15-18)21-9-8-17(14-19(21)22(25)28)13-16-5-2-1-3-6-16/h1-9,11,13,17,21,28H,10,12,14H2,(H2,25,29);1-9,11,14,18H,10,12-13,15H2,(H2,25,28)/t17-,21?;18-/m00/s1. The van der Waals surface area contributed by atoms with Crippen LogP contribution >= 0.6 is 23.2 Å². The van der Waals surface area contributed by atoms with Crippen molar-refractivity contribution in [3.8, 4) is 11.8 Å². The smallest absolute Gasteiger partial charge is 0.250 e. The SMILES string of the molecule is NC(=O)c1cc(C(O)c2ccccc2)ccc1N1CC[C@H](Oc2ncccc2Cl)C1.NC(=O)c1cc(Cc2ccccc2)ccc1N1CC[C@H](Oc2ncccc2Cl)C1. The molecular weight excluding hydrogens is 787 g/mol. The van der Waals surface area contributed by atoms with Gasteiger partial charge < -0.3 is 35.8 Å². The molecule has 0 bridgehead atoms. The highest BCUT2D eigenvalue weighted by Gasteiger charge is 2.29. The van der Waals surface area contributed by atoms with Gasteiger partial charge in [0.2, 0.25) is 11.8 Å². The van der Waals surface area contributed by atoms with E-state index in [0.29, 0.717) is 58.1 Å². The molecule has 2 aromatic heterocycles. The van der Waals surface area contributed by atoms with Gasteiger partial charge in [-0.3, -0.25) is 9.59 Å². The van der Waals surface area contributed by atoms with Gasteiger partial charge in [-0.25, -0.2) is 9.97 Å². The molecule has 59 heavy (non-hydrogen) atoms. The fraction of sp³-hybridized carbons (Fsp3) is 0.217. The summed E-state index contributed by atoms with van der Waals surface area (Å²) in [5, 5.41) is 11.6. The Hall–Kier alpha value is -6.14. The van der Waals surface area contributed by atoms with Crippen LogP contribution in [0.5, 0.6) is 11.8 Å². The average Bonchev–Trinajstić information content (AvgIpc) is 3.93. The van der Waals surface area contributed by atoms with Gasteiger partial charge in [0.05, 0.1) is 24.2 Å². The van der Waals surface area contributed by atoms with Gasteiger partial charge in [-0.05, 0) is 77.2 Å². The Labute approximate surface area is 353 Å². The molecule has 8 rings (SSSR count). The summed E-state index contributed by atoms with van der Waals surface area (Å²) in [6.07, 6.45) is 4.64. The van der Waals surface area contributed by atoms with Crippen LogP contribution < -0.4 is 30.7 Å². The van der Waals surface area contributed by atoms with E-state index in [1.807, 2.05) is 72.8 Å². The highest BCUT2D eigenvalue weighted by Crippen LogP contribution is 2.33. The van der Waals surface area contributed by atoms with E-state index >= 15 is 0 Å². The van der Waals surface area contributed by atoms with E-state index in [9.17, 15) is 14.7 Å². The number of amides is 2. The highest BCUT2D eigenvalue weighted by atomic mass is 35.5. The van der Waals surface area contributed by atoms with E-state index in [1.165, 1.54) is 5.56 Å². The number of hydrogen-bond donors (Lipinski definition) is 3. The van der Waals surface area contributed by atoms with Gasteiger partial charge in [-0.1, -0.05) is 96.0 Å². The molecule has 4 aromatic carbocycles. The van der Waals surface area contributed by atoms with E-state index in [1.54, 1.807) is 42.7 Å². The Morgan fingerprint density at radius 3 is 1.68 bits per heavy atom. The van der Waals surface area contributed by atoms with Crippen LogP contribution in [0.4, 0.5) is 11.4 Å². The number of anilines is 2. The summed E-state index contributed by atoms with van der Waals surface area (Å²) in [6.45, 7) is 2.70. The minimum absolute atomic E-state index is 0.0490. The van der Waals surface area contributed by atoms with Crippen molar-refractivity contribution in [1.82, 2.24) is 9.97 Å². The lowest BCUT2D eigenvalue weighted by atomic mass is 9.98. The first-order chi connectivity index (χ1) is 28.6. The normalized spacial score (nSPS) is 16.5. The van der Waals surface area contributed by atoms with Gasteiger partial charge in [0.1, 0.15) is 28.4 Å². The monoisotopic (exact) mass is 830 g/mol. The Bertz CT molecular complexity index is 2390. The number of hydrogen-bond acceptors (Lipinski definition) is 9. The molecule has 4 heterocycles. The van der Waals surface area contributed by atoms with Crippen LogP contribution in [0.2, 0.25) is 10.0 Å². The topological polar surface area (TPSA) is 157 Å². The summed E-state index contributed by atoms with van der Waals surface area (Å²) in [7, 11) is 0. The maximum atomic E-state index is 12.2. The van der Waals surface area contributed by atoms with Crippen molar-refractivity contribution < 1.29 is 24.2 Å². The van der Waals surface area contributed by atoms with Crippen molar-refractivity contribution in [2.24, 2.45) is 11.5 Å². The minimum Gasteiger partial charge on any atom is -0.471 e. The van der Waals surface area contributed by atoms with Crippen LogP contribution in [-0.2, 0) is 6.42 Å². The van der Waals surface area contributed by atoms with Gasteiger partial charge in [0, 0.05) is 49.7 Å². The molecule has 11 nitrogen and oxygen atoms in total. The first-order valence-corrected chi connectivity index (χ1v) is 20.1. The number of pyridine rings is 2. The number of aromatic nitrogens is 2. The third-order valence-electron chi connectivity index (χ3n) is 10.3. The number of primary amides is 2. The molecule has 13 heteroatoms. The number of nitrogens with zero attached hydrogens (tertiary/aromatic N) is 4. The molecule has 2 fully saturated rings. The van der Waals surface area contributed by atoms with Crippen molar-refractivity contribution in [1.29, 1.82) is 0 Å². The molecule has 0 spiro atoms. The maximum absolute atomic E-state index is 12.2. The summed E-state index contributed by atoms with van der Waals surface area (Å²) in [4.78, 5) is 36.8. The van der Waals surface area contributed by atoms with E-state index in [0.717, 1.165) is 48.3 Å². The van der Waals surface area contributed by atoms with Crippen LogP contribution in [0.1, 0.15) is 61.9 Å². The van der Waals surface area contributed by atoms with Crippen LogP contribution in [0.25, 0.3) is 0 Å². The molecule has 2 amide bonds. The van der Waals surface area contributed by atoms with Gasteiger partial charge in [-0.15, -0.1) is 0 Å². The molecule has 6 aromatic rings. The first-order valence-electron chi connectivity index (χ1n) is 19.3. The zero-order valence-electron chi connectivity index (χ0n) is 32.2. The molecule has 0 aliphatic carbocycles. The molecular formula is C46H44Cl2N6O5. The number of aliphatic hydroxyl groups is 1. The Morgan fingerprint density at radius 1 is 0.644 bits per heavy atom. The Morgan fingerprint density at radius 2 is 1.15 bits per heavy atom. The van der Waals surface area contributed by atoms with Crippen molar-refractivity contribution in [3.63, 3.8) is 0 Å². The predicted octanol–water partition coefficient (Wildman–Crippen LogP) is 7.66.